The SMILES string of the molecule is CC(C)[C@@H](NC(=O)c1ccc(F)cc1)C(=O)OCc1nc(N)nc(Nc2ccc(F)cc2)n1. The van der Waals surface area contributed by atoms with E-state index in [-0.39, 0.29) is 35.8 Å². The van der Waals surface area contributed by atoms with Crippen molar-refractivity contribution < 1.29 is 23.1 Å². The predicted molar refractivity (Wildman–Crippen MR) is 116 cm³/mol. The molecule has 172 valence electrons. The van der Waals surface area contributed by atoms with Gasteiger partial charge in [-0.1, -0.05) is 13.8 Å². The summed E-state index contributed by atoms with van der Waals surface area (Å²) in [7, 11) is 0. The lowest BCUT2D eigenvalue weighted by molar-refractivity contribution is -0.148. The van der Waals surface area contributed by atoms with Gasteiger partial charge in [0.05, 0.1) is 0 Å². The first kappa shape index (κ1) is 23.5. The Kier molecular flexibility index (Phi) is 7.44. The van der Waals surface area contributed by atoms with E-state index in [1.807, 2.05) is 0 Å². The minimum absolute atomic E-state index is 0.0767. The molecule has 3 rings (SSSR count). The Morgan fingerprint density at radius 3 is 2.18 bits per heavy atom. The molecule has 0 fully saturated rings. The average molecular weight is 456 g/mol. The number of hydrogen-bond acceptors (Lipinski definition) is 8. The highest BCUT2D eigenvalue weighted by Gasteiger charge is 2.26. The van der Waals surface area contributed by atoms with Crippen LogP contribution in [0.4, 0.5) is 26.4 Å². The van der Waals surface area contributed by atoms with Crippen molar-refractivity contribution in [3.63, 3.8) is 0 Å². The number of rotatable bonds is 8. The van der Waals surface area contributed by atoms with E-state index in [9.17, 15) is 18.4 Å². The third-order valence-corrected chi connectivity index (χ3v) is 4.46. The van der Waals surface area contributed by atoms with Crippen LogP contribution >= 0.6 is 0 Å². The molecule has 1 amide bonds. The maximum atomic E-state index is 13.1. The summed E-state index contributed by atoms with van der Waals surface area (Å²) in [6.45, 7) is 3.16. The molecular formula is C22H22F2N6O3. The highest BCUT2D eigenvalue weighted by atomic mass is 19.1. The summed E-state index contributed by atoms with van der Waals surface area (Å²) in [5.41, 5.74) is 6.43. The Morgan fingerprint density at radius 2 is 1.58 bits per heavy atom. The summed E-state index contributed by atoms with van der Waals surface area (Å²) >= 11 is 0. The molecule has 11 heteroatoms. The Hall–Kier alpha value is -4.15. The Bertz CT molecular complexity index is 1120. The fourth-order valence-electron chi connectivity index (χ4n) is 2.77. The van der Waals surface area contributed by atoms with Crippen LogP contribution in [0.3, 0.4) is 0 Å². The number of nitrogens with two attached hydrogens (primary N) is 1. The third kappa shape index (κ3) is 6.66. The number of esters is 1. The number of benzene rings is 2. The van der Waals surface area contributed by atoms with Crippen molar-refractivity contribution >= 4 is 29.5 Å². The smallest absolute Gasteiger partial charge is 0.329 e. The quantitative estimate of drug-likeness (QED) is 0.441. The molecule has 0 bridgehead atoms. The molecule has 1 atom stereocenters. The molecule has 9 nitrogen and oxygen atoms in total. The molecule has 0 aliphatic rings. The lowest BCUT2D eigenvalue weighted by Gasteiger charge is -2.20. The molecule has 0 unspecified atom stereocenters. The molecular weight excluding hydrogens is 434 g/mol. The zero-order valence-electron chi connectivity index (χ0n) is 17.9. The van der Waals surface area contributed by atoms with Crippen LogP contribution in [-0.4, -0.2) is 32.9 Å². The van der Waals surface area contributed by atoms with E-state index in [0.29, 0.717) is 5.69 Å². The van der Waals surface area contributed by atoms with E-state index in [2.05, 4.69) is 25.6 Å². The second-order valence-corrected chi connectivity index (χ2v) is 7.38. The van der Waals surface area contributed by atoms with E-state index in [4.69, 9.17) is 10.5 Å². The van der Waals surface area contributed by atoms with E-state index >= 15 is 0 Å². The van der Waals surface area contributed by atoms with Gasteiger partial charge in [-0.05, 0) is 54.4 Å². The van der Waals surface area contributed by atoms with Crippen molar-refractivity contribution in [1.29, 1.82) is 0 Å². The van der Waals surface area contributed by atoms with Gasteiger partial charge >= 0.3 is 5.97 Å². The van der Waals surface area contributed by atoms with Crippen LogP contribution < -0.4 is 16.4 Å². The number of amides is 1. The number of hydrogen-bond donors (Lipinski definition) is 3. The van der Waals surface area contributed by atoms with Gasteiger partial charge in [0, 0.05) is 11.3 Å². The van der Waals surface area contributed by atoms with Crippen molar-refractivity contribution in [2.24, 2.45) is 5.92 Å². The number of nitrogens with one attached hydrogen (secondary N) is 2. The van der Waals surface area contributed by atoms with E-state index in [0.717, 1.165) is 12.1 Å². The van der Waals surface area contributed by atoms with Gasteiger partial charge in [-0.2, -0.15) is 15.0 Å². The summed E-state index contributed by atoms with van der Waals surface area (Å²) in [4.78, 5) is 37.1. The Balaban J connectivity index is 1.64. The van der Waals surface area contributed by atoms with Crippen molar-refractivity contribution in [3.05, 3.63) is 71.6 Å². The average Bonchev–Trinajstić information content (AvgIpc) is 2.77. The molecule has 0 aliphatic carbocycles. The number of aromatic nitrogens is 3. The van der Waals surface area contributed by atoms with Gasteiger partial charge in [-0.25, -0.2) is 13.6 Å². The predicted octanol–water partition coefficient (Wildman–Crippen LogP) is 2.97. The summed E-state index contributed by atoms with van der Waals surface area (Å²) in [6, 6.07) is 9.49. The molecule has 2 aromatic carbocycles. The van der Waals surface area contributed by atoms with Crippen molar-refractivity contribution in [2.75, 3.05) is 11.1 Å². The Labute approximate surface area is 188 Å². The molecule has 1 heterocycles. The lowest BCUT2D eigenvalue weighted by Crippen LogP contribution is -2.45. The van der Waals surface area contributed by atoms with Gasteiger partial charge < -0.3 is 21.1 Å². The normalized spacial score (nSPS) is 11.7. The van der Waals surface area contributed by atoms with Crippen LogP contribution in [0, 0.1) is 17.6 Å². The first-order valence-corrected chi connectivity index (χ1v) is 9.97. The number of carbonyl (C=O) groups excluding carboxylic acids is 2. The highest BCUT2D eigenvalue weighted by molar-refractivity contribution is 5.96. The molecule has 0 radical (unpaired) electrons. The van der Waals surface area contributed by atoms with Crippen LogP contribution in [0.1, 0.15) is 30.0 Å². The summed E-state index contributed by atoms with van der Waals surface area (Å²) < 4.78 is 31.4. The standard InChI is InChI=1S/C22H22F2N6O3/c1-12(2)18(29-19(31)13-3-5-14(23)6-4-13)20(32)33-11-17-27-21(25)30-22(28-17)26-16-9-7-15(24)8-10-16/h3-10,12,18H,11H2,1-2H3,(H,29,31)(H3,25,26,27,28,30)/t18-/m1/s1. The molecule has 0 aliphatic heterocycles. The Morgan fingerprint density at radius 1 is 0.970 bits per heavy atom. The fraction of sp³-hybridized carbons (Fsp3) is 0.227. The molecule has 1 aromatic heterocycles. The molecule has 0 saturated carbocycles. The molecule has 33 heavy (non-hydrogen) atoms. The largest absolute Gasteiger partial charge is 0.456 e. The van der Waals surface area contributed by atoms with Crippen LogP contribution in [0.2, 0.25) is 0 Å². The van der Waals surface area contributed by atoms with Crippen molar-refractivity contribution in [1.82, 2.24) is 20.3 Å². The number of carbonyl (C=O) groups is 2. The first-order valence-electron chi connectivity index (χ1n) is 9.97. The van der Waals surface area contributed by atoms with Gasteiger partial charge in [-0.3, -0.25) is 4.79 Å². The van der Waals surface area contributed by atoms with Crippen molar-refractivity contribution in [3.8, 4) is 0 Å². The van der Waals surface area contributed by atoms with Crippen LogP contribution in [0.25, 0.3) is 0 Å². The maximum Gasteiger partial charge on any atom is 0.329 e. The van der Waals surface area contributed by atoms with E-state index < -0.39 is 29.6 Å². The van der Waals surface area contributed by atoms with Gasteiger partial charge in [0.25, 0.3) is 5.91 Å². The lowest BCUT2D eigenvalue weighted by atomic mass is 10.0. The number of nitrogen functional groups attached to an aromatic ring is 1. The second kappa shape index (κ2) is 10.4. The van der Waals surface area contributed by atoms with Gasteiger partial charge in [0.1, 0.15) is 17.7 Å². The van der Waals surface area contributed by atoms with Gasteiger partial charge in [-0.15, -0.1) is 0 Å². The minimum Gasteiger partial charge on any atom is -0.456 e. The first-order chi connectivity index (χ1) is 15.7. The molecule has 0 spiro atoms. The number of anilines is 3. The molecule has 4 N–H and O–H groups in total. The summed E-state index contributed by atoms with van der Waals surface area (Å²) in [5, 5.41) is 5.45. The monoisotopic (exact) mass is 456 g/mol. The molecule has 3 aromatic rings. The number of nitrogens with zero attached hydrogens (tertiary/aromatic N) is 3. The van der Waals surface area contributed by atoms with Crippen molar-refractivity contribution in [2.45, 2.75) is 26.5 Å². The fourth-order valence-corrected chi connectivity index (χ4v) is 2.77. The number of ether oxygens (including phenoxy) is 1. The summed E-state index contributed by atoms with van der Waals surface area (Å²) in [5.74, 6) is -2.34. The minimum atomic E-state index is -0.960. The molecule has 0 saturated heterocycles. The van der Waals surface area contributed by atoms with Crippen LogP contribution in [-0.2, 0) is 16.1 Å². The van der Waals surface area contributed by atoms with Crippen LogP contribution in [0.5, 0.6) is 0 Å². The van der Waals surface area contributed by atoms with Gasteiger partial charge in [0.15, 0.2) is 12.4 Å². The zero-order chi connectivity index (χ0) is 24.0. The van der Waals surface area contributed by atoms with Crippen LogP contribution in [0.15, 0.2) is 48.5 Å². The zero-order valence-corrected chi connectivity index (χ0v) is 17.9. The summed E-state index contributed by atoms with van der Waals surface area (Å²) in [6.07, 6.45) is 0. The van der Waals surface area contributed by atoms with E-state index in [1.165, 1.54) is 36.4 Å². The third-order valence-electron chi connectivity index (χ3n) is 4.46. The highest BCUT2D eigenvalue weighted by Crippen LogP contribution is 2.15. The topological polar surface area (TPSA) is 132 Å². The second-order valence-electron chi connectivity index (χ2n) is 7.38. The van der Waals surface area contributed by atoms with Gasteiger partial charge in [0.2, 0.25) is 11.9 Å². The number of halogens is 2. The van der Waals surface area contributed by atoms with E-state index in [1.54, 1.807) is 13.8 Å². The maximum absolute atomic E-state index is 13.1.